The average molecular weight is 227 g/mol. The van der Waals surface area contributed by atoms with Gasteiger partial charge >= 0.3 is 0 Å². The van der Waals surface area contributed by atoms with Crippen LogP contribution in [0.4, 0.5) is 4.39 Å². The van der Waals surface area contributed by atoms with Crippen LogP contribution in [0.25, 0.3) is 0 Å². The highest BCUT2D eigenvalue weighted by Gasteiger charge is 2.27. The zero-order chi connectivity index (χ0) is 11.8. The number of aryl methyl sites for hydroxylation is 1. The van der Waals surface area contributed by atoms with Gasteiger partial charge in [0.05, 0.1) is 24.0 Å². The molecule has 0 radical (unpaired) electrons. The van der Waals surface area contributed by atoms with E-state index in [4.69, 9.17) is 5.26 Å². The van der Waals surface area contributed by atoms with Crippen molar-refractivity contribution in [3.63, 3.8) is 0 Å². The van der Waals surface area contributed by atoms with E-state index >= 15 is 0 Å². The molecule has 0 aliphatic carbocycles. The molecule has 0 amide bonds. The minimum atomic E-state index is -0.310. The Morgan fingerprint density at radius 1 is 1.47 bits per heavy atom. The number of aromatic nitrogens is 2. The van der Waals surface area contributed by atoms with Crippen molar-refractivity contribution >= 4 is 0 Å². The van der Waals surface area contributed by atoms with Gasteiger partial charge in [0.1, 0.15) is 5.82 Å². The third-order valence-electron chi connectivity index (χ3n) is 3.26. The summed E-state index contributed by atoms with van der Waals surface area (Å²) in [4.78, 5) is 4.06. The predicted molar refractivity (Wildman–Crippen MR) is 59.8 cm³/mol. The van der Waals surface area contributed by atoms with Gasteiger partial charge < -0.3 is 4.57 Å². The average Bonchev–Trinajstić information content (AvgIpc) is 2.91. The number of fused-ring (bicyclic) bond motifs is 1. The van der Waals surface area contributed by atoms with Crippen molar-refractivity contribution in [2.75, 3.05) is 0 Å². The fourth-order valence-corrected chi connectivity index (χ4v) is 2.49. The third-order valence-corrected chi connectivity index (χ3v) is 3.26. The van der Waals surface area contributed by atoms with E-state index in [9.17, 15) is 4.39 Å². The Balaban J connectivity index is 2.16. The van der Waals surface area contributed by atoms with Crippen molar-refractivity contribution in [2.45, 2.75) is 18.9 Å². The Bertz CT molecular complexity index is 609. The Labute approximate surface area is 98.1 Å². The van der Waals surface area contributed by atoms with Gasteiger partial charge in [-0.15, -0.1) is 0 Å². The molecule has 0 N–H and O–H groups in total. The molecule has 0 fully saturated rings. The lowest BCUT2D eigenvalue weighted by molar-refractivity contribution is 0.544. The SMILES string of the molecule is N#Cc1cccc(F)c1[C@H]1CCc2cncn21. The zero-order valence-corrected chi connectivity index (χ0v) is 9.10. The Morgan fingerprint density at radius 3 is 3.18 bits per heavy atom. The summed E-state index contributed by atoms with van der Waals surface area (Å²) in [5.74, 6) is -0.310. The number of hydrogen-bond donors (Lipinski definition) is 0. The molecule has 17 heavy (non-hydrogen) atoms. The largest absolute Gasteiger partial charge is 0.327 e. The number of halogens is 1. The van der Waals surface area contributed by atoms with E-state index in [0.29, 0.717) is 11.1 Å². The van der Waals surface area contributed by atoms with Gasteiger partial charge in [0.2, 0.25) is 0 Å². The van der Waals surface area contributed by atoms with Crippen LogP contribution in [0.15, 0.2) is 30.7 Å². The summed E-state index contributed by atoms with van der Waals surface area (Å²) in [5, 5.41) is 9.06. The van der Waals surface area contributed by atoms with E-state index in [0.717, 1.165) is 18.5 Å². The van der Waals surface area contributed by atoms with E-state index in [1.54, 1.807) is 24.7 Å². The summed E-state index contributed by atoms with van der Waals surface area (Å²) < 4.78 is 15.9. The molecule has 1 aromatic heterocycles. The van der Waals surface area contributed by atoms with Crippen LogP contribution >= 0.6 is 0 Å². The summed E-state index contributed by atoms with van der Waals surface area (Å²) in [5.41, 5.74) is 2.01. The van der Waals surface area contributed by atoms with Gasteiger partial charge in [0.25, 0.3) is 0 Å². The lowest BCUT2D eigenvalue weighted by atomic mass is 9.98. The minimum absolute atomic E-state index is 0.0941. The first-order valence-electron chi connectivity index (χ1n) is 5.50. The molecule has 0 spiro atoms. The summed E-state index contributed by atoms with van der Waals surface area (Å²) in [6.07, 6.45) is 5.21. The molecule has 0 bridgehead atoms. The van der Waals surface area contributed by atoms with E-state index in [-0.39, 0.29) is 11.9 Å². The van der Waals surface area contributed by atoms with Gasteiger partial charge in [-0.3, -0.25) is 0 Å². The first-order valence-corrected chi connectivity index (χ1v) is 5.50. The van der Waals surface area contributed by atoms with Gasteiger partial charge in [-0.25, -0.2) is 9.37 Å². The zero-order valence-electron chi connectivity index (χ0n) is 9.10. The van der Waals surface area contributed by atoms with Crippen LogP contribution in [0.5, 0.6) is 0 Å². The second kappa shape index (κ2) is 3.70. The monoisotopic (exact) mass is 227 g/mol. The van der Waals surface area contributed by atoms with Crippen LogP contribution < -0.4 is 0 Å². The van der Waals surface area contributed by atoms with Gasteiger partial charge in [-0.2, -0.15) is 5.26 Å². The first kappa shape index (κ1) is 10.0. The number of hydrogen-bond acceptors (Lipinski definition) is 2. The van der Waals surface area contributed by atoms with Crippen molar-refractivity contribution in [3.05, 3.63) is 53.4 Å². The van der Waals surface area contributed by atoms with Crippen LogP contribution in [0.3, 0.4) is 0 Å². The standard InChI is InChI=1S/C13H10FN3/c14-11-3-1-2-9(6-15)13(11)12-5-4-10-7-16-8-17(10)12/h1-3,7-8,12H,4-5H2/t12-/m1/s1. The van der Waals surface area contributed by atoms with Crippen molar-refractivity contribution in [1.82, 2.24) is 9.55 Å². The highest BCUT2D eigenvalue weighted by atomic mass is 19.1. The number of benzene rings is 1. The van der Waals surface area contributed by atoms with E-state index < -0.39 is 0 Å². The molecule has 1 aliphatic heterocycles. The number of imidazole rings is 1. The number of rotatable bonds is 1. The third kappa shape index (κ3) is 1.43. The summed E-state index contributed by atoms with van der Waals surface area (Å²) in [7, 11) is 0. The van der Waals surface area contributed by atoms with Crippen LogP contribution in [0, 0.1) is 17.1 Å². The second-order valence-corrected chi connectivity index (χ2v) is 4.16. The lowest BCUT2D eigenvalue weighted by Crippen LogP contribution is -2.09. The Morgan fingerprint density at radius 2 is 2.35 bits per heavy atom. The molecule has 3 nitrogen and oxygen atoms in total. The topological polar surface area (TPSA) is 41.6 Å². The van der Waals surface area contributed by atoms with E-state index in [1.807, 2.05) is 4.57 Å². The van der Waals surface area contributed by atoms with Crippen molar-refractivity contribution in [3.8, 4) is 6.07 Å². The van der Waals surface area contributed by atoms with Gasteiger partial charge in [0, 0.05) is 17.5 Å². The van der Waals surface area contributed by atoms with E-state index in [1.165, 1.54) is 6.07 Å². The molecule has 0 saturated heterocycles. The molecule has 3 rings (SSSR count). The smallest absolute Gasteiger partial charge is 0.129 e. The molecule has 0 unspecified atom stereocenters. The second-order valence-electron chi connectivity index (χ2n) is 4.16. The summed E-state index contributed by atoms with van der Waals surface area (Å²) in [6.45, 7) is 0. The number of nitrogens with zero attached hydrogens (tertiary/aromatic N) is 3. The highest BCUT2D eigenvalue weighted by Crippen LogP contribution is 2.34. The lowest BCUT2D eigenvalue weighted by Gasteiger charge is -2.15. The van der Waals surface area contributed by atoms with Crippen LogP contribution in [-0.4, -0.2) is 9.55 Å². The maximum absolute atomic E-state index is 13.9. The van der Waals surface area contributed by atoms with E-state index in [2.05, 4.69) is 11.1 Å². The first-order chi connectivity index (χ1) is 8.31. The molecule has 2 heterocycles. The summed E-state index contributed by atoms with van der Waals surface area (Å²) in [6, 6.07) is 6.61. The van der Waals surface area contributed by atoms with Crippen molar-refractivity contribution in [1.29, 1.82) is 5.26 Å². The quantitative estimate of drug-likeness (QED) is 0.750. The molecule has 1 aromatic carbocycles. The Hall–Kier alpha value is -2.15. The Kier molecular flexibility index (Phi) is 2.19. The molecule has 84 valence electrons. The molecule has 1 atom stereocenters. The van der Waals surface area contributed by atoms with Crippen LogP contribution in [-0.2, 0) is 6.42 Å². The molecule has 1 aliphatic rings. The van der Waals surface area contributed by atoms with Crippen LogP contribution in [0.1, 0.15) is 29.3 Å². The normalized spacial score (nSPS) is 17.8. The molecule has 0 saturated carbocycles. The molecular formula is C13H10FN3. The van der Waals surface area contributed by atoms with Crippen LogP contribution in [0.2, 0.25) is 0 Å². The maximum atomic E-state index is 13.9. The van der Waals surface area contributed by atoms with Crippen molar-refractivity contribution < 1.29 is 4.39 Å². The highest BCUT2D eigenvalue weighted by molar-refractivity contribution is 5.41. The predicted octanol–water partition coefficient (Wildman–Crippen LogP) is 2.43. The summed E-state index contributed by atoms with van der Waals surface area (Å²) >= 11 is 0. The fraction of sp³-hybridized carbons (Fsp3) is 0.231. The van der Waals surface area contributed by atoms with Gasteiger partial charge in [0.15, 0.2) is 0 Å². The molecular weight excluding hydrogens is 217 g/mol. The fourth-order valence-electron chi connectivity index (χ4n) is 2.49. The maximum Gasteiger partial charge on any atom is 0.129 e. The molecule has 4 heteroatoms. The van der Waals surface area contributed by atoms with Gasteiger partial charge in [-0.1, -0.05) is 6.07 Å². The van der Waals surface area contributed by atoms with Gasteiger partial charge in [-0.05, 0) is 25.0 Å². The minimum Gasteiger partial charge on any atom is -0.327 e. The molecule has 2 aromatic rings. The number of nitriles is 1. The van der Waals surface area contributed by atoms with Crippen molar-refractivity contribution in [2.24, 2.45) is 0 Å².